The van der Waals surface area contributed by atoms with E-state index in [1.54, 1.807) is 55.6 Å². The quantitative estimate of drug-likeness (QED) is 0.537. The van der Waals surface area contributed by atoms with Crippen LogP contribution in [0.1, 0.15) is 31.1 Å². The number of nitrogens with zero attached hydrogens (tertiary/aromatic N) is 1. The molecule has 0 saturated heterocycles. The second-order valence-electron chi connectivity index (χ2n) is 6.06. The Morgan fingerprint density at radius 1 is 0.885 bits per heavy atom. The van der Waals surface area contributed by atoms with E-state index in [0.717, 1.165) is 10.3 Å². The summed E-state index contributed by atoms with van der Waals surface area (Å²) in [5.41, 5.74) is 1.31. The number of ketones is 1. The number of methoxy groups -OCH3 is 1. The average Bonchev–Trinajstić information content (AvgIpc) is 2.69. The Balaban J connectivity index is 1.69. The summed E-state index contributed by atoms with van der Waals surface area (Å²) in [6, 6.07) is 17.2. The lowest BCUT2D eigenvalue weighted by Crippen LogP contribution is -2.43. The Morgan fingerprint density at radius 2 is 1.46 bits per heavy atom. The molecule has 4 rings (SSSR count). The highest BCUT2D eigenvalue weighted by Crippen LogP contribution is 2.30. The smallest absolute Gasteiger partial charge is 0.261 e. The number of hydrogen-bond acceptors (Lipinski definition) is 4. The number of amides is 2. The number of carbonyl (C=O) groups is 3. The van der Waals surface area contributed by atoms with Gasteiger partial charge in [0.2, 0.25) is 0 Å². The lowest BCUT2D eigenvalue weighted by Gasteiger charge is -2.26. The molecule has 1 aliphatic rings. The van der Waals surface area contributed by atoms with E-state index in [4.69, 9.17) is 4.74 Å². The van der Waals surface area contributed by atoms with Gasteiger partial charge in [0, 0.05) is 22.1 Å². The van der Waals surface area contributed by atoms with Gasteiger partial charge in [-0.1, -0.05) is 24.3 Å². The molecular weight excluding hydrogens is 330 g/mol. The summed E-state index contributed by atoms with van der Waals surface area (Å²) < 4.78 is 5.07. The lowest BCUT2D eigenvalue weighted by atomic mass is 9.94. The zero-order valence-electron chi connectivity index (χ0n) is 14.1. The van der Waals surface area contributed by atoms with Crippen molar-refractivity contribution in [1.29, 1.82) is 0 Å². The molecule has 3 aromatic rings. The second-order valence-corrected chi connectivity index (χ2v) is 6.06. The molecule has 0 radical (unpaired) electrons. The van der Waals surface area contributed by atoms with Crippen molar-refractivity contribution in [3.8, 4) is 5.75 Å². The standard InChI is InChI=1S/C21H15NO4/c1-26-15-10-8-13(9-11-15)18(23)12-22-20(24)16-6-2-4-14-5-3-7-17(19(14)16)21(22)25/h2-11H,12H2,1H3. The van der Waals surface area contributed by atoms with E-state index >= 15 is 0 Å². The third kappa shape index (κ3) is 2.45. The Kier molecular flexibility index (Phi) is 3.77. The highest BCUT2D eigenvalue weighted by molar-refractivity contribution is 6.26. The van der Waals surface area contributed by atoms with Crippen molar-refractivity contribution in [2.45, 2.75) is 0 Å². The van der Waals surface area contributed by atoms with Gasteiger partial charge in [0.05, 0.1) is 13.7 Å². The highest BCUT2D eigenvalue weighted by Gasteiger charge is 2.33. The first-order valence-corrected chi connectivity index (χ1v) is 8.15. The van der Waals surface area contributed by atoms with Crippen LogP contribution >= 0.6 is 0 Å². The van der Waals surface area contributed by atoms with E-state index < -0.39 is 11.8 Å². The average molecular weight is 345 g/mol. The van der Waals surface area contributed by atoms with Gasteiger partial charge in [0.1, 0.15) is 5.75 Å². The molecule has 0 aromatic heterocycles. The van der Waals surface area contributed by atoms with Crippen molar-refractivity contribution < 1.29 is 19.1 Å². The van der Waals surface area contributed by atoms with Gasteiger partial charge in [-0.15, -0.1) is 0 Å². The second kappa shape index (κ2) is 6.11. The molecule has 0 fully saturated rings. The van der Waals surface area contributed by atoms with Gasteiger partial charge in [-0.05, 0) is 41.8 Å². The molecule has 5 nitrogen and oxygen atoms in total. The van der Waals surface area contributed by atoms with Crippen LogP contribution < -0.4 is 4.74 Å². The van der Waals surface area contributed by atoms with Crippen molar-refractivity contribution in [2.75, 3.05) is 13.7 Å². The molecule has 0 atom stereocenters. The largest absolute Gasteiger partial charge is 0.497 e. The van der Waals surface area contributed by atoms with Gasteiger partial charge < -0.3 is 4.74 Å². The third-order valence-electron chi connectivity index (χ3n) is 4.57. The van der Waals surface area contributed by atoms with E-state index in [1.807, 2.05) is 12.1 Å². The minimum Gasteiger partial charge on any atom is -0.497 e. The maximum atomic E-state index is 12.8. The SMILES string of the molecule is COc1ccc(C(=O)CN2C(=O)c3cccc4cccc(c34)C2=O)cc1. The number of Topliss-reactive ketones (excluding diaryl/α,β-unsaturated/α-hetero) is 1. The predicted octanol–water partition coefficient (Wildman–Crippen LogP) is 3.33. The van der Waals surface area contributed by atoms with Crippen molar-refractivity contribution in [3.63, 3.8) is 0 Å². The van der Waals surface area contributed by atoms with E-state index in [9.17, 15) is 14.4 Å². The van der Waals surface area contributed by atoms with Crippen molar-refractivity contribution in [1.82, 2.24) is 4.90 Å². The van der Waals surface area contributed by atoms with Crippen LogP contribution in [-0.4, -0.2) is 36.2 Å². The number of carbonyl (C=O) groups excluding carboxylic acids is 3. The van der Waals surface area contributed by atoms with E-state index in [-0.39, 0.29) is 12.3 Å². The third-order valence-corrected chi connectivity index (χ3v) is 4.57. The van der Waals surface area contributed by atoms with Crippen LogP contribution in [0.3, 0.4) is 0 Å². The van der Waals surface area contributed by atoms with Gasteiger partial charge in [-0.3, -0.25) is 19.3 Å². The summed E-state index contributed by atoms with van der Waals surface area (Å²) in [5.74, 6) is -0.560. The van der Waals surface area contributed by atoms with Gasteiger partial charge >= 0.3 is 0 Å². The number of rotatable bonds is 4. The molecule has 26 heavy (non-hydrogen) atoms. The summed E-state index contributed by atoms with van der Waals surface area (Å²) in [7, 11) is 1.54. The number of hydrogen-bond donors (Lipinski definition) is 0. The minimum absolute atomic E-state index is 0.297. The number of ether oxygens (including phenoxy) is 1. The first-order valence-electron chi connectivity index (χ1n) is 8.15. The molecule has 2 amide bonds. The van der Waals surface area contributed by atoms with E-state index in [0.29, 0.717) is 27.8 Å². The van der Waals surface area contributed by atoms with Crippen LogP contribution in [0.5, 0.6) is 5.75 Å². The fraction of sp³-hybridized carbons (Fsp3) is 0.0952. The monoisotopic (exact) mass is 345 g/mol. The van der Waals surface area contributed by atoms with Crippen LogP contribution in [0.4, 0.5) is 0 Å². The van der Waals surface area contributed by atoms with Crippen LogP contribution in [-0.2, 0) is 0 Å². The van der Waals surface area contributed by atoms with Gasteiger partial charge in [-0.2, -0.15) is 0 Å². The Hall–Kier alpha value is -3.47. The van der Waals surface area contributed by atoms with Crippen LogP contribution in [0.15, 0.2) is 60.7 Å². The Morgan fingerprint density at radius 3 is 2.00 bits per heavy atom. The lowest BCUT2D eigenvalue weighted by molar-refractivity contribution is 0.0585. The number of benzene rings is 3. The van der Waals surface area contributed by atoms with Crippen molar-refractivity contribution >= 4 is 28.4 Å². The van der Waals surface area contributed by atoms with E-state index in [2.05, 4.69) is 0 Å². The minimum atomic E-state index is -0.443. The molecule has 3 aromatic carbocycles. The molecule has 0 unspecified atom stereocenters. The first kappa shape index (κ1) is 16.0. The molecule has 0 bridgehead atoms. The predicted molar refractivity (Wildman–Crippen MR) is 96.6 cm³/mol. The summed E-state index contributed by atoms with van der Waals surface area (Å²) in [4.78, 5) is 39.2. The molecule has 1 aliphatic heterocycles. The molecule has 0 aliphatic carbocycles. The molecule has 1 heterocycles. The summed E-state index contributed by atoms with van der Waals surface area (Å²) in [6.07, 6.45) is 0. The first-order chi connectivity index (χ1) is 12.6. The maximum absolute atomic E-state index is 12.8. The maximum Gasteiger partial charge on any atom is 0.261 e. The molecule has 0 N–H and O–H groups in total. The van der Waals surface area contributed by atoms with Gasteiger partial charge in [-0.25, -0.2) is 0 Å². The van der Waals surface area contributed by atoms with Crippen molar-refractivity contribution in [3.05, 3.63) is 77.4 Å². The molecule has 128 valence electrons. The molecule has 0 spiro atoms. The van der Waals surface area contributed by atoms with Gasteiger partial charge in [0.15, 0.2) is 5.78 Å². The fourth-order valence-electron chi connectivity index (χ4n) is 3.24. The van der Waals surface area contributed by atoms with Gasteiger partial charge in [0.25, 0.3) is 11.8 Å². The zero-order chi connectivity index (χ0) is 18.3. The van der Waals surface area contributed by atoms with Crippen molar-refractivity contribution in [2.24, 2.45) is 0 Å². The normalized spacial score (nSPS) is 13.2. The topological polar surface area (TPSA) is 63.7 Å². The summed E-state index contributed by atoms with van der Waals surface area (Å²) in [5, 5.41) is 1.49. The van der Waals surface area contributed by atoms with Crippen LogP contribution in [0, 0.1) is 0 Å². The fourth-order valence-corrected chi connectivity index (χ4v) is 3.24. The zero-order valence-corrected chi connectivity index (χ0v) is 14.1. The van der Waals surface area contributed by atoms with Crippen LogP contribution in [0.2, 0.25) is 0 Å². The molecule has 5 heteroatoms. The Bertz CT molecular complexity index is 1000. The molecule has 0 saturated carbocycles. The number of imide groups is 1. The molecular formula is C21H15NO4. The summed E-state index contributed by atoms with van der Waals surface area (Å²) >= 11 is 0. The highest BCUT2D eigenvalue weighted by atomic mass is 16.5. The summed E-state index contributed by atoms with van der Waals surface area (Å²) in [6.45, 7) is -0.297. The van der Waals surface area contributed by atoms with Crippen LogP contribution in [0.25, 0.3) is 10.8 Å². The van der Waals surface area contributed by atoms with E-state index in [1.165, 1.54) is 0 Å². The Labute approximate surface area is 149 Å².